The number of benzene rings is 1. The first-order valence-corrected chi connectivity index (χ1v) is 15.3. The van der Waals surface area contributed by atoms with E-state index >= 15 is 0 Å². The van der Waals surface area contributed by atoms with Crippen molar-refractivity contribution in [2.24, 2.45) is 0 Å². The highest BCUT2D eigenvalue weighted by molar-refractivity contribution is 7.89. The molecule has 11 heteroatoms. The van der Waals surface area contributed by atoms with E-state index in [0.29, 0.717) is 36.5 Å². The van der Waals surface area contributed by atoms with Gasteiger partial charge in [-0.3, -0.25) is 9.69 Å². The first-order valence-electron chi connectivity index (χ1n) is 13.8. The molecule has 3 aliphatic rings. The summed E-state index contributed by atoms with van der Waals surface area (Å²) in [6.45, 7) is 6.15. The summed E-state index contributed by atoms with van der Waals surface area (Å²) in [4.78, 5) is 32.8. The van der Waals surface area contributed by atoms with E-state index in [1.165, 1.54) is 29.9 Å². The number of carbonyl (C=O) groups excluding carboxylic acids is 2. The summed E-state index contributed by atoms with van der Waals surface area (Å²) >= 11 is 0. The van der Waals surface area contributed by atoms with Crippen molar-refractivity contribution >= 4 is 39.4 Å². The Morgan fingerprint density at radius 3 is 2.67 bits per heavy atom. The molecule has 1 aromatic carbocycles. The van der Waals surface area contributed by atoms with Gasteiger partial charge in [-0.25, -0.2) is 17.9 Å². The number of carbonyl (C=O) groups is 2. The Bertz CT molecular complexity index is 1390. The largest absolute Gasteiger partial charge is 0.450 e. The zero-order chi connectivity index (χ0) is 27.6. The van der Waals surface area contributed by atoms with Crippen molar-refractivity contribution in [2.45, 2.75) is 50.3 Å². The summed E-state index contributed by atoms with van der Waals surface area (Å²) in [5.74, 6) is -0.234. The molecule has 1 aromatic heterocycles. The molecule has 1 fully saturated rings. The number of anilines is 1. The Kier molecular flexibility index (Phi) is 8.11. The van der Waals surface area contributed by atoms with Gasteiger partial charge >= 0.3 is 6.09 Å². The number of sulfonamides is 1. The van der Waals surface area contributed by atoms with Gasteiger partial charge in [0.1, 0.15) is 0 Å². The molecule has 3 N–H and O–H groups in total. The molecule has 2 aromatic rings. The highest BCUT2D eigenvalue weighted by Gasteiger charge is 2.28. The molecule has 0 saturated carbocycles. The highest BCUT2D eigenvalue weighted by Crippen LogP contribution is 2.37. The predicted molar refractivity (Wildman–Crippen MR) is 150 cm³/mol. The SMILES string of the molecule is CCOC(=O)N1CCN(CCCc2c(/C=C3\C(=O)Nc4ccc(S(=O)(=O)NC)cc43)[nH]c3c2CCCC3)CC1. The van der Waals surface area contributed by atoms with E-state index in [2.05, 4.69) is 19.9 Å². The molecule has 2 amide bonds. The van der Waals surface area contributed by atoms with Crippen molar-refractivity contribution in [1.82, 2.24) is 19.5 Å². The van der Waals surface area contributed by atoms with Crippen LogP contribution in [0.2, 0.25) is 0 Å². The van der Waals surface area contributed by atoms with Gasteiger partial charge in [-0.15, -0.1) is 0 Å². The minimum Gasteiger partial charge on any atom is -0.450 e. The quantitative estimate of drug-likeness (QED) is 0.431. The molecule has 0 spiro atoms. The second kappa shape index (κ2) is 11.5. The number of nitrogens with zero attached hydrogens (tertiary/aromatic N) is 2. The van der Waals surface area contributed by atoms with Crippen molar-refractivity contribution in [3.63, 3.8) is 0 Å². The first kappa shape index (κ1) is 27.4. The van der Waals surface area contributed by atoms with Crippen LogP contribution in [0.1, 0.15) is 54.3 Å². The fourth-order valence-electron chi connectivity index (χ4n) is 5.77. The number of ether oxygens (including phenoxy) is 1. The monoisotopic (exact) mass is 555 g/mol. The molecule has 210 valence electrons. The van der Waals surface area contributed by atoms with E-state index < -0.39 is 10.0 Å². The van der Waals surface area contributed by atoms with Crippen LogP contribution in [-0.2, 0) is 38.8 Å². The van der Waals surface area contributed by atoms with Crippen molar-refractivity contribution in [1.29, 1.82) is 0 Å². The number of nitrogens with one attached hydrogen (secondary N) is 3. The number of H-pyrrole nitrogens is 1. The zero-order valence-electron chi connectivity index (χ0n) is 22.6. The molecular formula is C28H37N5O5S. The summed E-state index contributed by atoms with van der Waals surface area (Å²) < 4.78 is 32.2. The lowest BCUT2D eigenvalue weighted by Crippen LogP contribution is -2.49. The van der Waals surface area contributed by atoms with Crippen LogP contribution < -0.4 is 10.0 Å². The van der Waals surface area contributed by atoms with Gasteiger partial charge in [0.15, 0.2) is 0 Å². The number of aryl methyl sites for hydroxylation is 1. The third-order valence-electron chi connectivity index (χ3n) is 7.88. The van der Waals surface area contributed by atoms with E-state index in [1.54, 1.807) is 17.0 Å². The Labute approximate surface area is 229 Å². The minimum atomic E-state index is -3.64. The van der Waals surface area contributed by atoms with Gasteiger partial charge < -0.3 is 19.9 Å². The number of piperazine rings is 1. The van der Waals surface area contributed by atoms with Gasteiger partial charge in [0.2, 0.25) is 10.0 Å². The molecule has 0 radical (unpaired) electrons. The van der Waals surface area contributed by atoms with Crippen LogP contribution in [0.15, 0.2) is 23.1 Å². The fraction of sp³-hybridized carbons (Fsp3) is 0.500. The van der Waals surface area contributed by atoms with Gasteiger partial charge in [-0.2, -0.15) is 0 Å². The van der Waals surface area contributed by atoms with E-state index in [-0.39, 0.29) is 16.9 Å². The molecular weight excluding hydrogens is 518 g/mol. The molecule has 0 atom stereocenters. The van der Waals surface area contributed by atoms with Crippen molar-refractivity contribution < 1.29 is 22.7 Å². The molecule has 5 rings (SSSR count). The maximum Gasteiger partial charge on any atom is 0.409 e. The topological polar surface area (TPSA) is 124 Å². The van der Waals surface area contributed by atoms with Crippen LogP contribution >= 0.6 is 0 Å². The van der Waals surface area contributed by atoms with Gasteiger partial charge in [0, 0.05) is 48.8 Å². The average Bonchev–Trinajstić information content (AvgIpc) is 3.45. The predicted octanol–water partition coefficient (Wildman–Crippen LogP) is 3.00. The molecule has 0 unspecified atom stereocenters. The molecule has 1 aliphatic carbocycles. The Hall–Kier alpha value is -3.15. The Balaban J connectivity index is 1.34. The average molecular weight is 556 g/mol. The van der Waals surface area contributed by atoms with Crippen LogP contribution in [0.5, 0.6) is 0 Å². The number of hydrogen-bond donors (Lipinski definition) is 3. The number of amides is 2. The highest BCUT2D eigenvalue weighted by atomic mass is 32.2. The van der Waals surface area contributed by atoms with Gasteiger partial charge in [-0.1, -0.05) is 0 Å². The molecule has 1 saturated heterocycles. The van der Waals surface area contributed by atoms with E-state index in [1.807, 2.05) is 13.0 Å². The second-order valence-corrected chi connectivity index (χ2v) is 12.1. The second-order valence-electron chi connectivity index (χ2n) is 10.2. The standard InChI is InChI=1S/C28H37N5O5S/c1-3-38-28(35)33-15-13-32(14-16-33)12-6-8-21-20-7-4-5-9-24(20)30-26(21)18-23-22-17-19(39(36,37)29-2)10-11-25(22)31-27(23)34/h10-11,17-18,29-30H,3-9,12-16H2,1-2H3,(H,31,34)/b23-18-. The van der Waals surface area contributed by atoms with Crippen LogP contribution in [-0.4, -0.2) is 81.6 Å². The number of rotatable bonds is 8. The van der Waals surface area contributed by atoms with Crippen LogP contribution in [0.3, 0.4) is 0 Å². The molecule has 2 aliphatic heterocycles. The van der Waals surface area contributed by atoms with Crippen LogP contribution in [0, 0.1) is 0 Å². The first-order chi connectivity index (χ1) is 18.8. The van der Waals surface area contributed by atoms with E-state index in [0.717, 1.165) is 63.9 Å². The van der Waals surface area contributed by atoms with Crippen molar-refractivity contribution in [3.05, 3.63) is 46.3 Å². The van der Waals surface area contributed by atoms with Crippen LogP contribution in [0.4, 0.5) is 10.5 Å². The van der Waals surface area contributed by atoms with Gasteiger partial charge in [0.25, 0.3) is 5.91 Å². The normalized spacial score (nSPS) is 18.7. The van der Waals surface area contributed by atoms with Gasteiger partial charge in [-0.05, 0) is 94.4 Å². The molecule has 0 bridgehead atoms. The number of hydrogen-bond acceptors (Lipinski definition) is 6. The maximum atomic E-state index is 13.0. The number of aromatic nitrogens is 1. The van der Waals surface area contributed by atoms with Crippen molar-refractivity contribution in [3.8, 4) is 0 Å². The van der Waals surface area contributed by atoms with Crippen LogP contribution in [0.25, 0.3) is 11.6 Å². The molecule has 10 nitrogen and oxygen atoms in total. The maximum absolute atomic E-state index is 13.0. The van der Waals surface area contributed by atoms with E-state index in [4.69, 9.17) is 4.74 Å². The number of aromatic amines is 1. The number of fused-ring (bicyclic) bond motifs is 2. The summed E-state index contributed by atoms with van der Waals surface area (Å²) in [5.41, 5.74) is 6.47. The Morgan fingerprint density at radius 2 is 1.92 bits per heavy atom. The Morgan fingerprint density at radius 1 is 1.15 bits per heavy atom. The molecule has 39 heavy (non-hydrogen) atoms. The zero-order valence-corrected chi connectivity index (χ0v) is 23.5. The minimum absolute atomic E-state index is 0.125. The lowest BCUT2D eigenvalue weighted by molar-refractivity contribution is -0.110. The third-order valence-corrected chi connectivity index (χ3v) is 9.30. The summed E-state index contributed by atoms with van der Waals surface area (Å²) in [6, 6.07) is 4.70. The fourth-order valence-corrected chi connectivity index (χ4v) is 6.53. The summed E-state index contributed by atoms with van der Waals surface area (Å²) in [5, 5.41) is 2.87. The lowest BCUT2D eigenvalue weighted by atomic mass is 9.92. The van der Waals surface area contributed by atoms with Gasteiger partial charge in [0.05, 0.1) is 17.1 Å². The van der Waals surface area contributed by atoms with E-state index in [9.17, 15) is 18.0 Å². The summed E-state index contributed by atoms with van der Waals surface area (Å²) in [7, 11) is -2.26. The summed E-state index contributed by atoms with van der Waals surface area (Å²) in [6.07, 6.45) is 7.81. The third kappa shape index (κ3) is 5.75. The lowest BCUT2D eigenvalue weighted by Gasteiger charge is -2.34. The van der Waals surface area contributed by atoms with Crippen molar-refractivity contribution in [2.75, 3.05) is 51.7 Å². The molecule has 3 heterocycles. The smallest absolute Gasteiger partial charge is 0.409 e.